The Bertz CT molecular complexity index is 326. The Labute approximate surface area is 101 Å². The highest BCUT2D eigenvalue weighted by Gasteiger charge is 2.36. The van der Waals surface area contributed by atoms with Gasteiger partial charge in [0.2, 0.25) is 5.91 Å². The molecule has 0 spiro atoms. The van der Waals surface area contributed by atoms with Gasteiger partial charge in [-0.3, -0.25) is 4.79 Å². The molecule has 5 nitrogen and oxygen atoms in total. The van der Waals surface area contributed by atoms with E-state index in [0.29, 0.717) is 12.5 Å². The van der Waals surface area contributed by atoms with Gasteiger partial charge >= 0.3 is 0 Å². The summed E-state index contributed by atoms with van der Waals surface area (Å²) in [6.45, 7) is 1.68. The molecule has 2 heterocycles. The smallest absolute Gasteiger partial charge is 0.240 e. The molecule has 5 heteroatoms. The zero-order valence-electron chi connectivity index (χ0n) is 9.93. The van der Waals surface area contributed by atoms with Crippen molar-refractivity contribution >= 4 is 5.91 Å². The number of nitriles is 1. The monoisotopic (exact) mass is 237 g/mol. The number of hydrogen-bond acceptors (Lipinski definition) is 4. The SMILES string of the molecule is N#C[C@@H]1CCCN1C(=O)[C@@H]1C[C@H](CCO)CN1. The van der Waals surface area contributed by atoms with E-state index >= 15 is 0 Å². The fourth-order valence-electron chi connectivity index (χ4n) is 2.76. The van der Waals surface area contributed by atoms with Crippen molar-refractivity contribution in [3.8, 4) is 6.07 Å². The number of amides is 1. The average Bonchev–Trinajstić information content (AvgIpc) is 2.96. The van der Waals surface area contributed by atoms with Crippen molar-refractivity contribution in [2.24, 2.45) is 5.92 Å². The first kappa shape index (κ1) is 12.3. The van der Waals surface area contributed by atoms with Crippen molar-refractivity contribution in [1.29, 1.82) is 5.26 Å². The number of hydrogen-bond donors (Lipinski definition) is 2. The number of aliphatic hydroxyl groups excluding tert-OH is 1. The van der Waals surface area contributed by atoms with Crippen molar-refractivity contribution in [2.75, 3.05) is 19.7 Å². The summed E-state index contributed by atoms with van der Waals surface area (Å²) in [5, 5.41) is 21.0. The highest BCUT2D eigenvalue weighted by Crippen LogP contribution is 2.23. The summed E-state index contributed by atoms with van der Waals surface area (Å²) in [6.07, 6.45) is 3.26. The van der Waals surface area contributed by atoms with Gasteiger partial charge in [-0.15, -0.1) is 0 Å². The maximum atomic E-state index is 12.2. The summed E-state index contributed by atoms with van der Waals surface area (Å²) in [4.78, 5) is 13.9. The third-order valence-electron chi connectivity index (χ3n) is 3.74. The molecule has 2 saturated heterocycles. The minimum atomic E-state index is -0.235. The summed E-state index contributed by atoms with van der Waals surface area (Å²) in [6, 6.07) is 1.80. The molecular formula is C12H19N3O2. The van der Waals surface area contributed by atoms with Crippen LogP contribution in [0.25, 0.3) is 0 Å². The van der Waals surface area contributed by atoms with Crippen LogP contribution in [0.15, 0.2) is 0 Å². The van der Waals surface area contributed by atoms with Gasteiger partial charge in [0.05, 0.1) is 12.1 Å². The van der Waals surface area contributed by atoms with Crippen LogP contribution in [0, 0.1) is 17.2 Å². The van der Waals surface area contributed by atoms with Gasteiger partial charge in [0.25, 0.3) is 0 Å². The van der Waals surface area contributed by atoms with E-state index in [9.17, 15) is 4.79 Å². The Morgan fingerprint density at radius 1 is 1.59 bits per heavy atom. The summed E-state index contributed by atoms with van der Waals surface area (Å²) < 4.78 is 0. The number of likely N-dealkylation sites (tertiary alicyclic amines) is 1. The Morgan fingerprint density at radius 2 is 2.41 bits per heavy atom. The van der Waals surface area contributed by atoms with Gasteiger partial charge in [0.15, 0.2) is 0 Å². The number of aliphatic hydroxyl groups is 1. The van der Waals surface area contributed by atoms with E-state index in [1.165, 1.54) is 0 Å². The summed E-state index contributed by atoms with van der Waals surface area (Å²) in [5.74, 6) is 0.451. The average molecular weight is 237 g/mol. The number of nitrogens with zero attached hydrogens (tertiary/aromatic N) is 2. The first-order chi connectivity index (χ1) is 8.26. The van der Waals surface area contributed by atoms with E-state index in [1.807, 2.05) is 0 Å². The van der Waals surface area contributed by atoms with Crippen LogP contribution in [0.5, 0.6) is 0 Å². The first-order valence-electron chi connectivity index (χ1n) is 6.30. The molecule has 2 aliphatic rings. The van der Waals surface area contributed by atoms with E-state index in [2.05, 4.69) is 11.4 Å². The molecule has 0 radical (unpaired) electrons. The number of rotatable bonds is 3. The second-order valence-electron chi connectivity index (χ2n) is 4.89. The molecule has 94 valence electrons. The Balaban J connectivity index is 1.91. The number of carbonyl (C=O) groups is 1. The normalized spacial score (nSPS) is 32.7. The molecule has 17 heavy (non-hydrogen) atoms. The lowest BCUT2D eigenvalue weighted by Crippen LogP contribution is -2.45. The highest BCUT2D eigenvalue weighted by molar-refractivity contribution is 5.83. The predicted octanol–water partition coefficient (Wildman–Crippen LogP) is -0.139. The van der Waals surface area contributed by atoms with Gasteiger partial charge in [-0.25, -0.2) is 0 Å². The molecule has 0 saturated carbocycles. The van der Waals surface area contributed by atoms with E-state index in [1.54, 1.807) is 4.90 Å². The predicted molar refractivity (Wildman–Crippen MR) is 61.9 cm³/mol. The Kier molecular flexibility index (Phi) is 3.97. The molecule has 2 aliphatic heterocycles. The fraction of sp³-hybridized carbons (Fsp3) is 0.833. The van der Waals surface area contributed by atoms with Crippen molar-refractivity contribution < 1.29 is 9.90 Å². The topological polar surface area (TPSA) is 76.4 Å². The molecule has 0 aromatic carbocycles. The van der Waals surface area contributed by atoms with E-state index in [4.69, 9.17) is 10.4 Å². The summed E-state index contributed by atoms with van der Waals surface area (Å²) >= 11 is 0. The standard InChI is InChI=1S/C12H19N3O2/c13-7-10-2-1-4-15(10)12(17)11-6-9(3-5-16)8-14-11/h9-11,14,16H,1-6,8H2/t9-,10-,11-/m0/s1. The third kappa shape index (κ3) is 2.59. The van der Waals surface area contributed by atoms with E-state index in [0.717, 1.165) is 32.2 Å². The second-order valence-corrected chi connectivity index (χ2v) is 4.89. The molecule has 2 fully saturated rings. The highest BCUT2D eigenvalue weighted by atomic mass is 16.3. The van der Waals surface area contributed by atoms with Crippen LogP contribution in [0.2, 0.25) is 0 Å². The van der Waals surface area contributed by atoms with Crippen molar-refractivity contribution in [2.45, 2.75) is 37.8 Å². The molecule has 0 aliphatic carbocycles. The molecule has 0 bridgehead atoms. The summed E-state index contributed by atoms with van der Waals surface area (Å²) in [7, 11) is 0. The van der Waals surface area contributed by atoms with Crippen LogP contribution in [-0.2, 0) is 4.79 Å². The molecule has 0 aromatic heterocycles. The van der Waals surface area contributed by atoms with Gasteiger partial charge in [0, 0.05) is 13.2 Å². The largest absolute Gasteiger partial charge is 0.396 e. The van der Waals surface area contributed by atoms with Gasteiger partial charge in [-0.2, -0.15) is 5.26 Å². The second kappa shape index (κ2) is 5.48. The lowest BCUT2D eigenvalue weighted by Gasteiger charge is -2.23. The first-order valence-corrected chi connectivity index (χ1v) is 6.30. The van der Waals surface area contributed by atoms with E-state index in [-0.39, 0.29) is 24.6 Å². The molecule has 0 aromatic rings. The minimum absolute atomic E-state index is 0.0643. The quantitative estimate of drug-likeness (QED) is 0.716. The van der Waals surface area contributed by atoms with Crippen molar-refractivity contribution in [3.05, 3.63) is 0 Å². The minimum Gasteiger partial charge on any atom is -0.396 e. The number of carbonyl (C=O) groups excluding carboxylic acids is 1. The molecule has 2 rings (SSSR count). The van der Waals surface area contributed by atoms with E-state index < -0.39 is 0 Å². The zero-order valence-corrected chi connectivity index (χ0v) is 9.93. The zero-order chi connectivity index (χ0) is 12.3. The van der Waals surface area contributed by atoms with Crippen LogP contribution in [0.4, 0.5) is 0 Å². The Morgan fingerprint density at radius 3 is 3.12 bits per heavy atom. The molecule has 3 atom stereocenters. The van der Waals surface area contributed by atoms with Crippen LogP contribution >= 0.6 is 0 Å². The van der Waals surface area contributed by atoms with Crippen LogP contribution < -0.4 is 5.32 Å². The molecule has 1 amide bonds. The van der Waals surface area contributed by atoms with Gasteiger partial charge in [-0.1, -0.05) is 0 Å². The van der Waals surface area contributed by atoms with Gasteiger partial charge in [-0.05, 0) is 38.1 Å². The maximum absolute atomic E-state index is 12.2. The molecule has 2 N–H and O–H groups in total. The lowest BCUT2D eigenvalue weighted by atomic mass is 10.0. The van der Waals surface area contributed by atoms with Crippen LogP contribution in [-0.4, -0.2) is 47.7 Å². The van der Waals surface area contributed by atoms with Crippen LogP contribution in [0.3, 0.4) is 0 Å². The van der Waals surface area contributed by atoms with Crippen molar-refractivity contribution in [3.63, 3.8) is 0 Å². The van der Waals surface area contributed by atoms with Gasteiger partial charge < -0.3 is 15.3 Å². The maximum Gasteiger partial charge on any atom is 0.240 e. The number of nitrogens with one attached hydrogen (secondary N) is 1. The lowest BCUT2D eigenvalue weighted by molar-refractivity contribution is -0.133. The molecule has 0 unspecified atom stereocenters. The fourth-order valence-corrected chi connectivity index (χ4v) is 2.76. The van der Waals surface area contributed by atoms with Gasteiger partial charge in [0.1, 0.15) is 6.04 Å². The Hall–Kier alpha value is -1.12. The third-order valence-corrected chi connectivity index (χ3v) is 3.74. The van der Waals surface area contributed by atoms with Crippen LogP contribution in [0.1, 0.15) is 25.7 Å². The summed E-state index contributed by atoms with van der Waals surface area (Å²) in [5.41, 5.74) is 0. The van der Waals surface area contributed by atoms with Crippen molar-refractivity contribution in [1.82, 2.24) is 10.2 Å². The molecular weight excluding hydrogens is 218 g/mol.